The van der Waals surface area contributed by atoms with Crippen LogP contribution in [0.25, 0.3) is 0 Å². The van der Waals surface area contributed by atoms with E-state index in [1.807, 2.05) is 6.92 Å². The van der Waals surface area contributed by atoms with Crippen molar-refractivity contribution >= 4 is 11.6 Å². The van der Waals surface area contributed by atoms with E-state index in [0.717, 1.165) is 18.5 Å². The molecule has 1 aliphatic carbocycles. The molecule has 2 rings (SSSR count). The molecule has 0 fully saturated rings. The van der Waals surface area contributed by atoms with Crippen molar-refractivity contribution in [2.24, 2.45) is 0 Å². The van der Waals surface area contributed by atoms with E-state index >= 15 is 0 Å². The van der Waals surface area contributed by atoms with Crippen molar-refractivity contribution in [3.05, 3.63) is 22.0 Å². The van der Waals surface area contributed by atoms with Crippen molar-refractivity contribution in [3.63, 3.8) is 0 Å². The summed E-state index contributed by atoms with van der Waals surface area (Å²) in [5.74, 6) is 0. The van der Waals surface area contributed by atoms with Gasteiger partial charge in [0.2, 0.25) is 0 Å². The summed E-state index contributed by atoms with van der Waals surface area (Å²) in [5, 5.41) is 8.43. The van der Waals surface area contributed by atoms with Gasteiger partial charge in [-0.15, -0.1) is 5.10 Å². The fourth-order valence-electron chi connectivity index (χ4n) is 1.61. The molecule has 0 saturated carbocycles. The van der Waals surface area contributed by atoms with E-state index in [4.69, 9.17) is 11.6 Å². The smallest absolute Gasteiger partial charge is 0.154 e. The Bertz CT molecular complexity index is 267. The number of aromatic nitrogens is 2. The van der Waals surface area contributed by atoms with Crippen LogP contribution in [0.15, 0.2) is 0 Å². The SMILES string of the molecule is Cc1nnc(Cl)c2c1CCC2. The van der Waals surface area contributed by atoms with Gasteiger partial charge in [-0.2, -0.15) is 5.10 Å². The normalized spacial score (nSPS) is 15.1. The number of aryl methyl sites for hydroxylation is 1. The minimum Gasteiger partial charge on any atom is -0.154 e. The monoisotopic (exact) mass is 168 g/mol. The van der Waals surface area contributed by atoms with Gasteiger partial charge in [-0.1, -0.05) is 11.6 Å². The van der Waals surface area contributed by atoms with Crippen LogP contribution in [0, 0.1) is 6.92 Å². The van der Waals surface area contributed by atoms with Crippen molar-refractivity contribution in [2.75, 3.05) is 0 Å². The summed E-state index contributed by atoms with van der Waals surface area (Å²) < 4.78 is 0. The lowest BCUT2D eigenvalue weighted by atomic mass is 10.1. The molecule has 0 spiro atoms. The molecule has 1 aromatic heterocycles. The number of halogens is 1. The first-order chi connectivity index (χ1) is 5.29. The maximum Gasteiger partial charge on any atom is 0.155 e. The van der Waals surface area contributed by atoms with Gasteiger partial charge in [-0.3, -0.25) is 0 Å². The predicted octanol–water partition coefficient (Wildman–Crippen LogP) is 1.93. The molecule has 2 nitrogen and oxygen atoms in total. The summed E-state index contributed by atoms with van der Waals surface area (Å²) in [6.07, 6.45) is 3.39. The van der Waals surface area contributed by atoms with Crippen molar-refractivity contribution in [1.29, 1.82) is 0 Å². The standard InChI is InChI=1S/C8H9ClN2/c1-5-6-3-2-4-7(6)8(9)11-10-5/h2-4H2,1H3. The van der Waals surface area contributed by atoms with E-state index in [-0.39, 0.29) is 0 Å². The van der Waals surface area contributed by atoms with Crippen LogP contribution < -0.4 is 0 Å². The molecule has 1 heterocycles. The number of nitrogens with zero attached hydrogens (tertiary/aromatic N) is 2. The van der Waals surface area contributed by atoms with Gasteiger partial charge in [0.15, 0.2) is 5.15 Å². The third-order valence-electron chi connectivity index (χ3n) is 2.19. The molecule has 3 heteroatoms. The molecule has 11 heavy (non-hydrogen) atoms. The number of hydrogen-bond donors (Lipinski definition) is 0. The van der Waals surface area contributed by atoms with Gasteiger partial charge in [-0.05, 0) is 37.3 Å². The maximum absolute atomic E-state index is 5.87. The van der Waals surface area contributed by atoms with Crippen molar-refractivity contribution in [3.8, 4) is 0 Å². The van der Waals surface area contributed by atoms with E-state index in [0.29, 0.717) is 5.15 Å². The molecule has 0 amide bonds. The summed E-state index contributed by atoms with van der Waals surface area (Å²) in [4.78, 5) is 0. The highest BCUT2D eigenvalue weighted by atomic mass is 35.5. The molecule has 1 aliphatic rings. The molecule has 58 valence electrons. The average Bonchev–Trinajstić information content (AvgIpc) is 2.45. The topological polar surface area (TPSA) is 25.8 Å². The highest BCUT2D eigenvalue weighted by Gasteiger charge is 2.17. The first kappa shape index (κ1) is 7.04. The van der Waals surface area contributed by atoms with Crippen molar-refractivity contribution < 1.29 is 0 Å². The summed E-state index contributed by atoms with van der Waals surface area (Å²) in [6.45, 7) is 1.99. The Balaban J connectivity index is 2.64. The van der Waals surface area contributed by atoms with Gasteiger partial charge in [0.05, 0.1) is 5.69 Å². The Kier molecular flexibility index (Phi) is 1.57. The van der Waals surface area contributed by atoms with Gasteiger partial charge in [0.1, 0.15) is 0 Å². The second kappa shape index (κ2) is 2.45. The molecule has 0 atom stereocenters. The van der Waals surface area contributed by atoms with Crippen LogP contribution >= 0.6 is 11.6 Å². The van der Waals surface area contributed by atoms with E-state index in [1.54, 1.807) is 0 Å². The van der Waals surface area contributed by atoms with Gasteiger partial charge < -0.3 is 0 Å². The first-order valence-corrected chi connectivity index (χ1v) is 4.17. The van der Waals surface area contributed by atoms with Crippen molar-refractivity contribution in [1.82, 2.24) is 10.2 Å². The van der Waals surface area contributed by atoms with Crippen molar-refractivity contribution in [2.45, 2.75) is 26.2 Å². The third kappa shape index (κ3) is 1.02. The lowest BCUT2D eigenvalue weighted by molar-refractivity contribution is 0.906. The lowest BCUT2D eigenvalue weighted by Crippen LogP contribution is -1.96. The molecule has 0 aliphatic heterocycles. The summed E-state index contributed by atoms with van der Waals surface area (Å²) in [7, 11) is 0. The minimum absolute atomic E-state index is 0.600. The zero-order valence-electron chi connectivity index (χ0n) is 6.39. The van der Waals surface area contributed by atoms with Crippen LogP contribution in [0.4, 0.5) is 0 Å². The largest absolute Gasteiger partial charge is 0.155 e. The summed E-state index contributed by atoms with van der Waals surface area (Å²) >= 11 is 5.87. The van der Waals surface area contributed by atoms with Gasteiger partial charge in [0, 0.05) is 0 Å². The predicted molar refractivity (Wildman–Crippen MR) is 43.8 cm³/mol. The number of hydrogen-bond acceptors (Lipinski definition) is 2. The van der Waals surface area contributed by atoms with Crippen LogP contribution in [0.3, 0.4) is 0 Å². The fourth-order valence-corrected chi connectivity index (χ4v) is 1.86. The van der Waals surface area contributed by atoms with E-state index in [2.05, 4.69) is 10.2 Å². The Morgan fingerprint density at radius 3 is 2.64 bits per heavy atom. The average molecular weight is 169 g/mol. The Labute approximate surface area is 70.6 Å². The van der Waals surface area contributed by atoms with Gasteiger partial charge in [-0.25, -0.2) is 0 Å². The van der Waals surface area contributed by atoms with Gasteiger partial charge in [0.25, 0.3) is 0 Å². The number of rotatable bonds is 0. The minimum atomic E-state index is 0.600. The Hall–Kier alpha value is -0.630. The highest BCUT2D eigenvalue weighted by Crippen LogP contribution is 2.27. The molecule has 0 aromatic carbocycles. The zero-order chi connectivity index (χ0) is 7.84. The summed E-state index contributed by atoms with van der Waals surface area (Å²) in [6, 6.07) is 0. The van der Waals surface area contributed by atoms with E-state index < -0.39 is 0 Å². The second-order valence-corrected chi connectivity index (χ2v) is 3.24. The van der Waals surface area contributed by atoms with Crippen LogP contribution in [0.5, 0.6) is 0 Å². The van der Waals surface area contributed by atoms with Crippen LogP contribution in [-0.4, -0.2) is 10.2 Å². The molecule has 0 N–H and O–H groups in total. The zero-order valence-corrected chi connectivity index (χ0v) is 7.15. The second-order valence-electron chi connectivity index (χ2n) is 2.89. The molecule has 0 saturated heterocycles. The van der Waals surface area contributed by atoms with E-state index in [9.17, 15) is 0 Å². The number of fused-ring (bicyclic) bond motifs is 1. The lowest BCUT2D eigenvalue weighted by Gasteiger charge is -2.01. The Morgan fingerprint density at radius 2 is 1.91 bits per heavy atom. The van der Waals surface area contributed by atoms with Gasteiger partial charge >= 0.3 is 0 Å². The van der Waals surface area contributed by atoms with Crippen LogP contribution in [0.2, 0.25) is 5.15 Å². The highest BCUT2D eigenvalue weighted by molar-refractivity contribution is 6.30. The molecule has 1 aromatic rings. The molecule has 0 unspecified atom stereocenters. The molecule has 0 radical (unpaired) electrons. The maximum atomic E-state index is 5.87. The van der Waals surface area contributed by atoms with Crippen LogP contribution in [-0.2, 0) is 12.8 Å². The first-order valence-electron chi connectivity index (χ1n) is 3.79. The fraction of sp³-hybridized carbons (Fsp3) is 0.500. The summed E-state index contributed by atoms with van der Waals surface area (Å²) in [5.41, 5.74) is 3.59. The third-order valence-corrected chi connectivity index (χ3v) is 2.50. The van der Waals surface area contributed by atoms with E-state index in [1.165, 1.54) is 17.5 Å². The quantitative estimate of drug-likeness (QED) is 0.592. The Morgan fingerprint density at radius 1 is 1.18 bits per heavy atom. The van der Waals surface area contributed by atoms with Crippen LogP contribution in [0.1, 0.15) is 23.2 Å². The molecule has 0 bridgehead atoms. The molecular formula is C8H9ClN2. The molecular weight excluding hydrogens is 160 g/mol.